The van der Waals surface area contributed by atoms with E-state index in [2.05, 4.69) is 4.98 Å². The van der Waals surface area contributed by atoms with Crippen LogP contribution in [0.4, 0.5) is 5.69 Å². The Hall–Kier alpha value is -2.49. The lowest BCUT2D eigenvalue weighted by Crippen LogP contribution is -2.26. The molecule has 0 bridgehead atoms. The number of aromatic nitrogens is 1. The minimum atomic E-state index is -3.73. The summed E-state index contributed by atoms with van der Waals surface area (Å²) in [5.74, 6) is 0. The number of fused-ring (bicyclic) bond motifs is 1. The monoisotopic (exact) mass is 345 g/mol. The number of H-pyrrole nitrogens is 1. The molecule has 0 spiro atoms. The smallest absolute Gasteiger partial charge is 0.266 e. The molecule has 0 aliphatic heterocycles. The lowest BCUT2D eigenvalue weighted by molar-refractivity contribution is 0.595. The summed E-state index contributed by atoms with van der Waals surface area (Å²) in [7, 11) is -2.25. The van der Waals surface area contributed by atoms with Crippen LogP contribution < -0.4 is 4.31 Å². The highest BCUT2D eigenvalue weighted by Gasteiger charge is 2.24. The number of sulfonamides is 1. The second-order valence-electron chi connectivity index (χ2n) is 4.97. The van der Waals surface area contributed by atoms with Crippen molar-refractivity contribution in [3.63, 3.8) is 0 Å². The Morgan fingerprint density at radius 2 is 1.87 bits per heavy atom. The molecule has 0 atom stereocenters. The Bertz CT molecular complexity index is 1020. The first-order valence-electron chi connectivity index (χ1n) is 6.69. The zero-order valence-electron chi connectivity index (χ0n) is 12.1. The van der Waals surface area contributed by atoms with E-state index in [1.165, 1.54) is 17.5 Å². The normalized spacial score (nSPS) is 11.3. The molecule has 3 rings (SSSR count). The highest BCUT2D eigenvalue weighted by atomic mass is 35.5. The minimum Gasteiger partial charge on any atom is -0.360 e. The van der Waals surface area contributed by atoms with Crippen molar-refractivity contribution in [3.8, 4) is 6.07 Å². The topological polar surface area (TPSA) is 77.0 Å². The highest BCUT2D eigenvalue weighted by Crippen LogP contribution is 2.29. The van der Waals surface area contributed by atoms with Gasteiger partial charge in [0, 0.05) is 29.2 Å². The summed E-state index contributed by atoms with van der Waals surface area (Å²) in [6.45, 7) is 0. The Labute approximate surface area is 138 Å². The quantitative estimate of drug-likeness (QED) is 0.789. The van der Waals surface area contributed by atoms with Crippen LogP contribution in [-0.2, 0) is 10.0 Å². The van der Waals surface area contributed by atoms with Crippen LogP contribution in [0, 0.1) is 11.3 Å². The summed E-state index contributed by atoms with van der Waals surface area (Å²) in [5.41, 5.74) is 1.61. The van der Waals surface area contributed by atoms with Crippen LogP contribution in [0.15, 0.2) is 53.6 Å². The van der Waals surface area contributed by atoms with Crippen LogP contribution in [-0.4, -0.2) is 20.4 Å². The van der Waals surface area contributed by atoms with Crippen LogP contribution in [0.2, 0.25) is 5.02 Å². The maximum atomic E-state index is 12.9. The predicted octanol–water partition coefficient (Wildman–Crippen LogP) is 3.52. The molecule has 0 aliphatic rings. The van der Waals surface area contributed by atoms with Gasteiger partial charge in [-0.3, -0.25) is 4.31 Å². The standard InChI is InChI=1S/C16H12ClN3O2S/c1-20(13-5-2-11(9-18)3-6-13)23(21,22)16-10-19-15-8-12(17)4-7-14(15)16/h2-8,10,19H,1H3. The van der Waals surface area contributed by atoms with Crippen molar-refractivity contribution in [1.29, 1.82) is 5.26 Å². The maximum Gasteiger partial charge on any atom is 0.266 e. The zero-order chi connectivity index (χ0) is 16.6. The summed E-state index contributed by atoms with van der Waals surface area (Å²) in [5, 5.41) is 9.93. The molecule has 23 heavy (non-hydrogen) atoms. The summed E-state index contributed by atoms with van der Waals surface area (Å²) in [6.07, 6.45) is 1.45. The fraction of sp³-hybridized carbons (Fsp3) is 0.0625. The van der Waals surface area contributed by atoms with Gasteiger partial charge in [-0.05, 0) is 42.5 Å². The Morgan fingerprint density at radius 3 is 2.52 bits per heavy atom. The summed E-state index contributed by atoms with van der Waals surface area (Å²) < 4.78 is 26.9. The van der Waals surface area contributed by atoms with Crippen LogP contribution in [0.3, 0.4) is 0 Å². The molecule has 3 aromatic rings. The molecule has 7 heteroatoms. The molecular weight excluding hydrogens is 334 g/mol. The lowest BCUT2D eigenvalue weighted by Gasteiger charge is -2.19. The van der Waals surface area contributed by atoms with Crippen LogP contribution in [0.1, 0.15) is 5.56 Å². The number of anilines is 1. The van der Waals surface area contributed by atoms with Crippen LogP contribution in [0.5, 0.6) is 0 Å². The van der Waals surface area contributed by atoms with Gasteiger partial charge in [0.2, 0.25) is 0 Å². The fourth-order valence-electron chi connectivity index (χ4n) is 2.32. The second kappa shape index (κ2) is 5.61. The first-order valence-corrected chi connectivity index (χ1v) is 8.51. The lowest BCUT2D eigenvalue weighted by atomic mass is 10.2. The number of hydrogen-bond donors (Lipinski definition) is 1. The number of hydrogen-bond acceptors (Lipinski definition) is 3. The van der Waals surface area contributed by atoms with E-state index < -0.39 is 10.0 Å². The Kier molecular flexibility index (Phi) is 3.76. The predicted molar refractivity (Wildman–Crippen MR) is 90.1 cm³/mol. The van der Waals surface area contributed by atoms with Gasteiger partial charge in [0.25, 0.3) is 10.0 Å². The number of nitrogens with zero attached hydrogens (tertiary/aromatic N) is 2. The van der Waals surface area contributed by atoms with Crippen LogP contribution in [0.25, 0.3) is 10.9 Å². The van der Waals surface area contributed by atoms with E-state index >= 15 is 0 Å². The highest BCUT2D eigenvalue weighted by molar-refractivity contribution is 7.93. The van der Waals surface area contributed by atoms with E-state index in [0.29, 0.717) is 27.2 Å². The Morgan fingerprint density at radius 1 is 1.17 bits per heavy atom. The minimum absolute atomic E-state index is 0.177. The third-order valence-electron chi connectivity index (χ3n) is 3.60. The largest absolute Gasteiger partial charge is 0.360 e. The number of nitriles is 1. The van der Waals surface area contributed by atoms with Gasteiger partial charge in [-0.1, -0.05) is 11.6 Å². The third-order valence-corrected chi connectivity index (χ3v) is 5.66. The van der Waals surface area contributed by atoms with Crippen molar-refractivity contribution in [2.24, 2.45) is 0 Å². The molecule has 0 saturated carbocycles. The van der Waals surface area contributed by atoms with Gasteiger partial charge in [-0.25, -0.2) is 8.42 Å². The average Bonchev–Trinajstić information content (AvgIpc) is 2.97. The third kappa shape index (κ3) is 2.65. The summed E-state index contributed by atoms with van der Waals surface area (Å²) in [4.78, 5) is 3.10. The van der Waals surface area contributed by atoms with Gasteiger partial charge in [0.15, 0.2) is 0 Å². The van der Waals surface area contributed by atoms with E-state index in [-0.39, 0.29) is 4.90 Å². The molecule has 0 aliphatic carbocycles. The number of aromatic amines is 1. The van der Waals surface area contributed by atoms with Crippen molar-refractivity contribution < 1.29 is 8.42 Å². The van der Waals surface area contributed by atoms with Gasteiger partial charge in [-0.2, -0.15) is 5.26 Å². The number of halogens is 1. The number of benzene rings is 2. The van der Waals surface area contributed by atoms with Gasteiger partial charge in [-0.15, -0.1) is 0 Å². The van der Waals surface area contributed by atoms with E-state index in [0.717, 1.165) is 0 Å². The zero-order valence-corrected chi connectivity index (χ0v) is 13.7. The van der Waals surface area contributed by atoms with Crippen molar-refractivity contribution in [3.05, 3.63) is 59.2 Å². The van der Waals surface area contributed by atoms with E-state index in [1.807, 2.05) is 6.07 Å². The van der Waals surface area contributed by atoms with Crippen molar-refractivity contribution >= 4 is 38.2 Å². The molecule has 5 nitrogen and oxygen atoms in total. The molecule has 0 amide bonds. The molecule has 1 N–H and O–H groups in total. The molecule has 1 heterocycles. The fourth-order valence-corrected chi connectivity index (χ4v) is 3.85. The van der Waals surface area contributed by atoms with Gasteiger partial charge in [0.1, 0.15) is 4.90 Å². The molecular formula is C16H12ClN3O2S. The van der Waals surface area contributed by atoms with Gasteiger partial charge >= 0.3 is 0 Å². The SMILES string of the molecule is CN(c1ccc(C#N)cc1)S(=O)(=O)c1c[nH]c2cc(Cl)ccc12. The number of rotatable bonds is 3. The molecule has 1 aromatic heterocycles. The maximum absolute atomic E-state index is 12.9. The first kappa shape index (κ1) is 15.4. The first-order chi connectivity index (χ1) is 10.9. The Balaban J connectivity index is 2.07. The number of nitrogens with one attached hydrogen (secondary N) is 1. The van der Waals surface area contributed by atoms with Gasteiger partial charge in [0.05, 0.1) is 17.3 Å². The molecule has 0 unspecified atom stereocenters. The molecule has 0 radical (unpaired) electrons. The van der Waals surface area contributed by atoms with Crippen molar-refractivity contribution in [1.82, 2.24) is 4.98 Å². The van der Waals surface area contributed by atoms with E-state index in [1.54, 1.807) is 42.5 Å². The second-order valence-corrected chi connectivity index (χ2v) is 7.35. The summed E-state index contributed by atoms with van der Waals surface area (Å²) in [6, 6.07) is 13.4. The molecule has 0 saturated heterocycles. The van der Waals surface area contributed by atoms with E-state index in [9.17, 15) is 8.42 Å². The molecule has 116 valence electrons. The van der Waals surface area contributed by atoms with E-state index in [4.69, 9.17) is 16.9 Å². The van der Waals surface area contributed by atoms with Crippen LogP contribution >= 0.6 is 11.6 Å². The average molecular weight is 346 g/mol. The van der Waals surface area contributed by atoms with Crippen molar-refractivity contribution in [2.75, 3.05) is 11.4 Å². The van der Waals surface area contributed by atoms with Gasteiger partial charge < -0.3 is 4.98 Å². The molecule has 2 aromatic carbocycles. The summed E-state index contributed by atoms with van der Waals surface area (Å²) >= 11 is 5.92. The molecule has 0 fully saturated rings. The van der Waals surface area contributed by atoms with Crippen molar-refractivity contribution in [2.45, 2.75) is 4.90 Å².